The summed E-state index contributed by atoms with van der Waals surface area (Å²) in [6.45, 7) is 10.2. The first-order valence-corrected chi connectivity index (χ1v) is 5.62. The Morgan fingerprint density at radius 2 is 1.76 bits per heavy atom. The highest BCUT2D eigenvalue weighted by molar-refractivity contribution is 5.83. The van der Waals surface area contributed by atoms with Gasteiger partial charge in [-0.15, -0.1) is 0 Å². The third-order valence-corrected chi connectivity index (χ3v) is 2.74. The van der Waals surface area contributed by atoms with Crippen molar-refractivity contribution in [1.29, 1.82) is 0 Å². The first kappa shape index (κ1) is 11.5. The number of rotatable bonds is 4. The molecule has 2 rings (SSSR count). The highest BCUT2D eigenvalue weighted by Gasteiger charge is 1.99. The predicted molar refractivity (Wildman–Crippen MR) is 73.4 cm³/mol. The summed E-state index contributed by atoms with van der Waals surface area (Å²) in [6.07, 6.45) is 0. The van der Waals surface area contributed by atoms with E-state index in [9.17, 15) is 0 Å². The maximum absolute atomic E-state index is 5.68. The van der Waals surface area contributed by atoms with Crippen LogP contribution >= 0.6 is 0 Å². The summed E-state index contributed by atoms with van der Waals surface area (Å²) in [7, 11) is 0. The molecule has 2 aromatic carbocycles. The monoisotopic (exact) mass is 224 g/mol. The van der Waals surface area contributed by atoms with Gasteiger partial charge in [0.2, 0.25) is 0 Å². The van der Waals surface area contributed by atoms with Gasteiger partial charge in [-0.05, 0) is 35.4 Å². The summed E-state index contributed by atoms with van der Waals surface area (Å²) in [6, 6.07) is 14.3. The molecule has 1 heteroatoms. The highest BCUT2D eigenvalue weighted by Crippen LogP contribution is 2.21. The molecule has 0 saturated carbocycles. The predicted octanol–water partition coefficient (Wildman–Crippen LogP) is 4.35. The molecule has 0 heterocycles. The van der Waals surface area contributed by atoms with Crippen molar-refractivity contribution in [3.8, 4) is 5.75 Å². The zero-order valence-corrected chi connectivity index (χ0v) is 10.1. The number of hydrogen-bond donors (Lipinski definition) is 0. The lowest BCUT2D eigenvalue weighted by atomic mass is 10.1. The fourth-order valence-electron chi connectivity index (χ4n) is 1.55. The quantitative estimate of drug-likeness (QED) is 0.701. The van der Waals surface area contributed by atoms with Gasteiger partial charge >= 0.3 is 0 Å². The molecule has 0 aromatic heterocycles. The van der Waals surface area contributed by atoms with Gasteiger partial charge in [-0.2, -0.15) is 0 Å². The van der Waals surface area contributed by atoms with Gasteiger partial charge in [-0.3, -0.25) is 0 Å². The molecule has 0 saturated heterocycles. The molecular weight excluding hydrogens is 208 g/mol. The summed E-state index contributed by atoms with van der Waals surface area (Å²) in [5, 5.41) is 2.41. The molecule has 17 heavy (non-hydrogen) atoms. The minimum atomic E-state index is 0.494. The van der Waals surface area contributed by atoms with E-state index in [4.69, 9.17) is 4.74 Å². The Balaban J connectivity index is 2.14. The van der Waals surface area contributed by atoms with Gasteiger partial charge in [0, 0.05) is 0 Å². The fraction of sp³-hybridized carbons (Fsp3) is 0.125. The largest absolute Gasteiger partial charge is 0.489 e. The average molecular weight is 224 g/mol. The Labute approximate surface area is 102 Å². The first-order chi connectivity index (χ1) is 8.16. The summed E-state index contributed by atoms with van der Waals surface area (Å²) >= 11 is 0. The number of ether oxygens (including phenoxy) is 1. The van der Waals surface area contributed by atoms with E-state index in [-0.39, 0.29) is 0 Å². The number of hydrogen-bond acceptors (Lipinski definition) is 1. The Hall–Kier alpha value is -2.02. The molecule has 86 valence electrons. The van der Waals surface area contributed by atoms with E-state index in [0.717, 1.165) is 16.9 Å². The summed E-state index contributed by atoms with van der Waals surface area (Å²) in [5.41, 5.74) is 1.89. The summed E-state index contributed by atoms with van der Waals surface area (Å²) in [5.74, 6) is 0.867. The van der Waals surface area contributed by atoms with E-state index in [0.29, 0.717) is 6.61 Å². The minimum absolute atomic E-state index is 0.494. The van der Waals surface area contributed by atoms with Crippen LogP contribution in [0.5, 0.6) is 5.75 Å². The van der Waals surface area contributed by atoms with Crippen molar-refractivity contribution < 1.29 is 4.74 Å². The van der Waals surface area contributed by atoms with Crippen LogP contribution < -0.4 is 4.74 Å². The molecule has 0 bridgehead atoms. The van der Waals surface area contributed by atoms with E-state index in [1.54, 1.807) is 0 Å². The van der Waals surface area contributed by atoms with E-state index >= 15 is 0 Å². The van der Waals surface area contributed by atoms with Gasteiger partial charge in [0.05, 0.1) is 0 Å². The zero-order chi connectivity index (χ0) is 12.3. The third-order valence-electron chi connectivity index (χ3n) is 2.74. The van der Waals surface area contributed by atoms with Gasteiger partial charge in [0.25, 0.3) is 0 Å². The normalized spacial score (nSPS) is 10.2. The second-order valence-corrected chi connectivity index (χ2v) is 4.18. The fourth-order valence-corrected chi connectivity index (χ4v) is 1.55. The molecule has 0 radical (unpaired) electrons. The molecule has 0 aliphatic carbocycles. The van der Waals surface area contributed by atoms with Crippen molar-refractivity contribution in [2.24, 2.45) is 0 Å². The molecule has 0 amide bonds. The zero-order valence-electron chi connectivity index (χ0n) is 10.1. The molecule has 0 atom stereocenters. The van der Waals surface area contributed by atoms with Crippen LogP contribution in [0.25, 0.3) is 10.8 Å². The van der Waals surface area contributed by atoms with Crippen LogP contribution in [0.3, 0.4) is 0 Å². The average Bonchev–Trinajstić information content (AvgIpc) is 2.35. The molecular formula is C16H16O. The van der Waals surface area contributed by atoms with E-state index in [1.165, 1.54) is 10.8 Å². The Kier molecular flexibility index (Phi) is 3.29. The van der Waals surface area contributed by atoms with Gasteiger partial charge in [0.15, 0.2) is 0 Å². The Morgan fingerprint density at radius 1 is 1.06 bits per heavy atom. The van der Waals surface area contributed by atoms with Crippen molar-refractivity contribution in [2.45, 2.75) is 6.92 Å². The molecule has 0 unspecified atom stereocenters. The second kappa shape index (κ2) is 4.88. The maximum atomic E-state index is 5.68. The lowest BCUT2D eigenvalue weighted by Crippen LogP contribution is -2.00. The van der Waals surface area contributed by atoms with Crippen LogP contribution in [0.2, 0.25) is 0 Å². The smallest absolute Gasteiger partial charge is 0.120 e. The van der Waals surface area contributed by atoms with Crippen LogP contribution in [0.1, 0.15) is 6.92 Å². The van der Waals surface area contributed by atoms with Crippen molar-refractivity contribution in [3.05, 3.63) is 66.8 Å². The second-order valence-electron chi connectivity index (χ2n) is 4.18. The van der Waals surface area contributed by atoms with E-state index in [1.807, 2.05) is 31.2 Å². The van der Waals surface area contributed by atoms with Gasteiger partial charge in [0.1, 0.15) is 12.4 Å². The maximum Gasteiger partial charge on any atom is 0.120 e. The van der Waals surface area contributed by atoms with Crippen molar-refractivity contribution in [1.82, 2.24) is 0 Å². The highest BCUT2D eigenvalue weighted by atomic mass is 16.5. The minimum Gasteiger partial charge on any atom is -0.489 e. The van der Waals surface area contributed by atoms with E-state index < -0.39 is 0 Å². The topological polar surface area (TPSA) is 9.23 Å². The van der Waals surface area contributed by atoms with Crippen LogP contribution in [0, 0.1) is 0 Å². The SMILES string of the molecule is C=C(C)C(=C)COc1ccc2ccccc2c1. The van der Waals surface area contributed by atoms with Crippen molar-refractivity contribution in [3.63, 3.8) is 0 Å². The van der Waals surface area contributed by atoms with Crippen molar-refractivity contribution in [2.75, 3.05) is 6.61 Å². The standard InChI is InChI=1S/C16H16O/c1-12(2)13(3)11-17-16-9-8-14-6-4-5-7-15(14)10-16/h4-10H,1,3,11H2,2H3. The number of fused-ring (bicyclic) bond motifs is 1. The third kappa shape index (κ3) is 2.76. The van der Waals surface area contributed by atoms with Crippen LogP contribution in [0.15, 0.2) is 66.8 Å². The molecule has 2 aromatic rings. The summed E-state index contributed by atoms with van der Waals surface area (Å²) < 4.78 is 5.68. The molecule has 0 aliphatic rings. The number of benzene rings is 2. The van der Waals surface area contributed by atoms with Crippen molar-refractivity contribution >= 4 is 10.8 Å². The lowest BCUT2D eigenvalue weighted by molar-refractivity contribution is 0.355. The van der Waals surface area contributed by atoms with Crippen LogP contribution in [-0.2, 0) is 0 Å². The van der Waals surface area contributed by atoms with Gasteiger partial charge in [-0.1, -0.05) is 49.1 Å². The Bertz CT molecular complexity index is 567. The molecule has 0 N–H and O–H groups in total. The first-order valence-electron chi connectivity index (χ1n) is 5.62. The van der Waals surface area contributed by atoms with Gasteiger partial charge < -0.3 is 4.74 Å². The summed E-state index contributed by atoms with van der Waals surface area (Å²) in [4.78, 5) is 0. The van der Waals surface area contributed by atoms with E-state index in [2.05, 4.69) is 31.4 Å². The molecule has 0 aliphatic heterocycles. The molecule has 0 spiro atoms. The molecule has 1 nitrogen and oxygen atoms in total. The van der Waals surface area contributed by atoms with Crippen LogP contribution in [0.4, 0.5) is 0 Å². The molecule has 0 fully saturated rings. The van der Waals surface area contributed by atoms with Crippen LogP contribution in [-0.4, -0.2) is 6.61 Å². The Morgan fingerprint density at radius 3 is 2.47 bits per heavy atom. The van der Waals surface area contributed by atoms with Gasteiger partial charge in [-0.25, -0.2) is 0 Å². The lowest BCUT2D eigenvalue weighted by Gasteiger charge is -2.09.